The van der Waals surface area contributed by atoms with Gasteiger partial charge in [-0.05, 0) is 58.6 Å². The quantitative estimate of drug-likeness (QED) is 0.723. The van der Waals surface area contributed by atoms with E-state index in [1.807, 2.05) is 30.9 Å². The fourth-order valence-corrected chi connectivity index (χ4v) is 4.89. The van der Waals surface area contributed by atoms with E-state index in [1.165, 1.54) is 12.5 Å². The minimum Gasteiger partial charge on any atom is -0.342 e. The maximum Gasteiger partial charge on any atom is 0.227 e. The van der Waals surface area contributed by atoms with Crippen LogP contribution in [0.5, 0.6) is 0 Å². The Morgan fingerprint density at radius 2 is 1.74 bits per heavy atom. The molecule has 0 unspecified atom stereocenters. The van der Waals surface area contributed by atoms with Crippen LogP contribution in [0.15, 0.2) is 24.3 Å². The summed E-state index contributed by atoms with van der Waals surface area (Å²) in [4.78, 5) is 26.7. The van der Waals surface area contributed by atoms with Crippen molar-refractivity contribution in [1.82, 2.24) is 19.8 Å². The van der Waals surface area contributed by atoms with Crippen molar-refractivity contribution in [3.05, 3.63) is 58.4 Å². The van der Waals surface area contributed by atoms with Crippen molar-refractivity contribution >= 4 is 5.91 Å². The van der Waals surface area contributed by atoms with E-state index in [1.54, 1.807) is 6.07 Å². The third-order valence-electron chi connectivity index (χ3n) is 6.70. The van der Waals surface area contributed by atoms with Crippen LogP contribution in [0.2, 0.25) is 0 Å². The molecule has 1 aromatic heterocycles. The molecule has 2 aromatic rings. The summed E-state index contributed by atoms with van der Waals surface area (Å²) in [6.07, 6.45) is 5.90. The third-order valence-corrected chi connectivity index (χ3v) is 6.70. The number of hydrogen-bond donors (Lipinski definition) is 0. The fourth-order valence-electron chi connectivity index (χ4n) is 4.89. The lowest BCUT2D eigenvalue weighted by Crippen LogP contribution is -2.37. The predicted molar refractivity (Wildman–Crippen MR) is 119 cm³/mol. The van der Waals surface area contributed by atoms with Crippen LogP contribution in [-0.4, -0.2) is 51.9 Å². The highest BCUT2D eigenvalue weighted by Gasteiger charge is 2.26. The van der Waals surface area contributed by atoms with Crippen molar-refractivity contribution in [3.8, 4) is 0 Å². The van der Waals surface area contributed by atoms with E-state index in [-0.39, 0.29) is 17.6 Å². The monoisotopic (exact) mass is 424 g/mol. The molecule has 0 saturated carbocycles. The summed E-state index contributed by atoms with van der Waals surface area (Å²) in [6.45, 7) is 8.15. The molecule has 1 amide bonds. The van der Waals surface area contributed by atoms with Crippen LogP contribution in [0.4, 0.5) is 4.39 Å². The molecule has 0 radical (unpaired) electrons. The molecule has 0 aliphatic carbocycles. The van der Waals surface area contributed by atoms with Gasteiger partial charge in [0, 0.05) is 54.6 Å². The number of nitrogens with zero attached hydrogens (tertiary/aromatic N) is 4. The first-order valence-electron chi connectivity index (χ1n) is 11.6. The lowest BCUT2D eigenvalue weighted by Gasteiger charge is -2.32. The maximum absolute atomic E-state index is 14.1. The highest BCUT2D eigenvalue weighted by atomic mass is 19.1. The number of rotatable bonds is 5. The minimum atomic E-state index is -0.143. The van der Waals surface area contributed by atoms with Gasteiger partial charge in [-0.25, -0.2) is 14.4 Å². The molecule has 0 spiro atoms. The number of halogens is 1. The first kappa shape index (κ1) is 21.9. The molecule has 6 heteroatoms. The second-order valence-electron chi connectivity index (χ2n) is 9.02. The molecule has 2 saturated heterocycles. The third kappa shape index (κ3) is 5.29. The Labute approximate surface area is 184 Å². The van der Waals surface area contributed by atoms with Crippen LogP contribution in [-0.2, 0) is 17.8 Å². The van der Waals surface area contributed by atoms with E-state index in [4.69, 9.17) is 9.97 Å². The van der Waals surface area contributed by atoms with Crippen LogP contribution < -0.4 is 0 Å². The average Bonchev–Trinajstić information content (AvgIpc) is 2.78. The molecule has 1 aromatic carbocycles. The fraction of sp³-hybridized carbons (Fsp3) is 0.560. The number of likely N-dealkylation sites (tertiary alicyclic amines) is 2. The van der Waals surface area contributed by atoms with Gasteiger partial charge < -0.3 is 4.90 Å². The van der Waals surface area contributed by atoms with Crippen molar-refractivity contribution in [2.24, 2.45) is 0 Å². The van der Waals surface area contributed by atoms with Gasteiger partial charge in [0.25, 0.3) is 0 Å². The SMILES string of the molecule is Cc1nc([C@H]2CCCN(Cc3ccccc3F)C2)nc(C)c1CC(=O)N1CCCCC1. The lowest BCUT2D eigenvalue weighted by molar-refractivity contribution is -0.131. The number of aromatic nitrogens is 2. The van der Waals surface area contributed by atoms with Gasteiger partial charge in [-0.15, -0.1) is 0 Å². The number of carbonyl (C=O) groups is 1. The van der Waals surface area contributed by atoms with Gasteiger partial charge >= 0.3 is 0 Å². The van der Waals surface area contributed by atoms with E-state index in [2.05, 4.69) is 4.90 Å². The summed E-state index contributed by atoms with van der Waals surface area (Å²) in [5.41, 5.74) is 3.54. The summed E-state index contributed by atoms with van der Waals surface area (Å²) >= 11 is 0. The van der Waals surface area contributed by atoms with Gasteiger partial charge in [0.1, 0.15) is 11.6 Å². The van der Waals surface area contributed by atoms with E-state index >= 15 is 0 Å². The van der Waals surface area contributed by atoms with Crippen molar-refractivity contribution < 1.29 is 9.18 Å². The second kappa shape index (κ2) is 9.86. The highest BCUT2D eigenvalue weighted by Crippen LogP contribution is 2.27. The van der Waals surface area contributed by atoms with Gasteiger partial charge in [-0.3, -0.25) is 9.69 Å². The summed E-state index contributed by atoms with van der Waals surface area (Å²) < 4.78 is 14.1. The lowest BCUT2D eigenvalue weighted by atomic mass is 9.95. The Kier molecular flexibility index (Phi) is 6.96. The number of aryl methyl sites for hydroxylation is 2. The Morgan fingerprint density at radius 1 is 1.03 bits per heavy atom. The number of hydrogen-bond acceptors (Lipinski definition) is 4. The van der Waals surface area contributed by atoms with Crippen molar-refractivity contribution in [2.45, 2.75) is 64.8 Å². The zero-order valence-corrected chi connectivity index (χ0v) is 18.7. The molecule has 166 valence electrons. The molecule has 4 rings (SSSR count). The van der Waals surface area contributed by atoms with Gasteiger partial charge in [0.15, 0.2) is 0 Å². The minimum absolute atomic E-state index is 0.143. The summed E-state index contributed by atoms with van der Waals surface area (Å²) in [7, 11) is 0. The number of amides is 1. The molecule has 3 heterocycles. The van der Waals surface area contributed by atoms with E-state index < -0.39 is 0 Å². The van der Waals surface area contributed by atoms with Gasteiger partial charge in [0.2, 0.25) is 5.91 Å². The number of piperidine rings is 2. The summed E-state index contributed by atoms with van der Waals surface area (Å²) in [5.74, 6) is 1.15. The van der Waals surface area contributed by atoms with Crippen LogP contribution in [0.3, 0.4) is 0 Å². The molecular weight excluding hydrogens is 391 g/mol. The smallest absolute Gasteiger partial charge is 0.227 e. The Morgan fingerprint density at radius 3 is 2.45 bits per heavy atom. The Hall–Kier alpha value is -2.34. The molecule has 0 bridgehead atoms. The summed E-state index contributed by atoms with van der Waals surface area (Å²) in [6, 6.07) is 7.00. The zero-order chi connectivity index (χ0) is 21.8. The summed E-state index contributed by atoms with van der Waals surface area (Å²) in [5, 5.41) is 0. The normalized spacial score (nSPS) is 20.1. The maximum atomic E-state index is 14.1. The first-order valence-corrected chi connectivity index (χ1v) is 11.6. The van der Waals surface area contributed by atoms with Gasteiger partial charge in [0.05, 0.1) is 6.42 Å². The van der Waals surface area contributed by atoms with Crippen molar-refractivity contribution in [2.75, 3.05) is 26.2 Å². The zero-order valence-electron chi connectivity index (χ0n) is 18.7. The molecular formula is C25H33FN4O. The molecule has 5 nitrogen and oxygen atoms in total. The molecule has 31 heavy (non-hydrogen) atoms. The standard InChI is InChI=1S/C25H33FN4O/c1-18-22(15-24(31)30-13-6-3-7-14-30)19(2)28-25(27-18)21-10-8-12-29(17-21)16-20-9-4-5-11-23(20)26/h4-5,9,11,21H,3,6-8,10,12-17H2,1-2H3/t21-/m0/s1. The Balaban J connectivity index is 1.44. The van der Waals surface area contributed by atoms with Crippen LogP contribution in [0, 0.1) is 19.7 Å². The van der Waals surface area contributed by atoms with Crippen LogP contribution in [0.1, 0.15) is 66.4 Å². The molecule has 0 N–H and O–H groups in total. The topological polar surface area (TPSA) is 49.3 Å². The predicted octanol–water partition coefficient (Wildman–Crippen LogP) is 4.17. The van der Waals surface area contributed by atoms with E-state index in [9.17, 15) is 9.18 Å². The molecule has 2 aliphatic heterocycles. The molecule has 2 fully saturated rings. The Bertz CT molecular complexity index is 902. The number of benzene rings is 1. The van der Waals surface area contributed by atoms with Gasteiger partial charge in [-0.2, -0.15) is 0 Å². The number of carbonyl (C=O) groups excluding carboxylic acids is 1. The van der Waals surface area contributed by atoms with Gasteiger partial charge in [-0.1, -0.05) is 18.2 Å². The second-order valence-corrected chi connectivity index (χ2v) is 9.02. The van der Waals surface area contributed by atoms with Crippen molar-refractivity contribution in [3.63, 3.8) is 0 Å². The van der Waals surface area contributed by atoms with Crippen LogP contribution in [0.25, 0.3) is 0 Å². The molecule has 1 atom stereocenters. The van der Waals surface area contributed by atoms with E-state index in [0.29, 0.717) is 13.0 Å². The first-order chi connectivity index (χ1) is 15.0. The largest absolute Gasteiger partial charge is 0.342 e. The van der Waals surface area contributed by atoms with E-state index in [0.717, 1.165) is 80.2 Å². The van der Waals surface area contributed by atoms with Crippen molar-refractivity contribution in [1.29, 1.82) is 0 Å². The average molecular weight is 425 g/mol. The highest BCUT2D eigenvalue weighted by molar-refractivity contribution is 5.79. The van der Waals surface area contributed by atoms with Crippen LogP contribution >= 0.6 is 0 Å². The molecule has 2 aliphatic rings.